The van der Waals surface area contributed by atoms with Crippen LogP contribution in [-0.4, -0.2) is 15.3 Å². The molecule has 0 aromatic carbocycles. The number of carbonyl (C=O) groups is 1. The highest BCUT2D eigenvalue weighted by molar-refractivity contribution is 5.85. The van der Waals surface area contributed by atoms with Crippen LogP contribution in [0.25, 0.3) is 0 Å². The average Bonchev–Trinajstić information content (AvgIpc) is 2.60. The highest BCUT2D eigenvalue weighted by Gasteiger charge is 2.50. The number of ketones is 1. The fraction of sp³-hybridized carbons (Fsp3) is 0.667. The number of imidazole rings is 1. The monoisotopic (exact) mass is 206 g/mol. The Labute approximate surface area is 90.5 Å². The summed E-state index contributed by atoms with van der Waals surface area (Å²) < 4.78 is 2.04. The molecule has 0 amide bonds. The smallest absolute Gasteiger partial charge is 0.144 e. The summed E-state index contributed by atoms with van der Waals surface area (Å²) in [4.78, 5) is 16.1. The van der Waals surface area contributed by atoms with Gasteiger partial charge in [0.1, 0.15) is 11.6 Å². The summed E-state index contributed by atoms with van der Waals surface area (Å²) in [7, 11) is 0. The quantitative estimate of drug-likeness (QED) is 0.755. The topological polar surface area (TPSA) is 34.9 Å². The van der Waals surface area contributed by atoms with Crippen molar-refractivity contribution in [2.45, 2.75) is 40.2 Å². The first kappa shape index (κ1) is 10.4. The van der Waals surface area contributed by atoms with Crippen molar-refractivity contribution in [2.75, 3.05) is 0 Å². The maximum absolute atomic E-state index is 11.9. The van der Waals surface area contributed by atoms with Gasteiger partial charge in [0, 0.05) is 24.9 Å². The first-order valence-electron chi connectivity index (χ1n) is 5.57. The Balaban J connectivity index is 2.01. The van der Waals surface area contributed by atoms with E-state index in [-0.39, 0.29) is 11.3 Å². The molecule has 1 aromatic heterocycles. The summed E-state index contributed by atoms with van der Waals surface area (Å²) in [5, 5.41) is 0. The Morgan fingerprint density at radius 2 is 2.33 bits per heavy atom. The molecule has 0 saturated heterocycles. The van der Waals surface area contributed by atoms with Gasteiger partial charge in [0.25, 0.3) is 0 Å². The lowest BCUT2D eigenvalue weighted by Crippen LogP contribution is -2.13. The second kappa shape index (κ2) is 3.47. The van der Waals surface area contributed by atoms with Gasteiger partial charge >= 0.3 is 0 Å². The summed E-state index contributed by atoms with van der Waals surface area (Å²) in [6, 6.07) is 0. The standard InChI is InChI=1S/C12H18N2O/c1-4-14-6-5-13-11(14)7-10(15)9-8-12(9,2)3/h5-6,9H,4,7-8H2,1-3H3. The van der Waals surface area contributed by atoms with Gasteiger partial charge in [-0.15, -0.1) is 0 Å². The summed E-state index contributed by atoms with van der Waals surface area (Å²) in [5.74, 6) is 1.52. The Morgan fingerprint density at radius 3 is 2.87 bits per heavy atom. The van der Waals surface area contributed by atoms with Crippen molar-refractivity contribution in [1.82, 2.24) is 9.55 Å². The summed E-state index contributed by atoms with van der Waals surface area (Å²) in [6.45, 7) is 7.26. The predicted molar refractivity (Wildman–Crippen MR) is 58.5 cm³/mol. The molecule has 0 radical (unpaired) electrons. The molecule has 1 unspecified atom stereocenters. The van der Waals surface area contributed by atoms with E-state index in [0.717, 1.165) is 18.8 Å². The summed E-state index contributed by atoms with van der Waals surface area (Å²) >= 11 is 0. The first-order chi connectivity index (χ1) is 7.04. The molecule has 1 heterocycles. The molecule has 15 heavy (non-hydrogen) atoms. The van der Waals surface area contributed by atoms with Crippen molar-refractivity contribution in [3.63, 3.8) is 0 Å². The van der Waals surface area contributed by atoms with Gasteiger partial charge in [0.15, 0.2) is 0 Å². The number of rotatable bonds is 4. The van der Waals surface area contributed by atoms with Gasteiger partial charge in [-0.1, -0.05) is 13.8 Å². The van der Waals surface area contributed by atoms with Gasteiger partial charge < -0.3 is 4.57 Å². The summed E-state index contributed by atoms with van der Waals surface area (Å²) in [6.07, 6.45) is 5.23. The molecular weight excluding hydrogens is 188 g/mol. The van der Waals surface area contributed by atoms with Crippen molar-refractivity contribution in [2.24, 2.45) is 11.3 Å². The highest BCUT2D eigenvalue weighted by atomic mass is 16.1. The van der Waals surface area contributed by atoms with E-state index in [4.69, 9.17) is 0 Å². The molecule has 1 aliphatic carbocycles. The molecule has 1 aromatic rings. The number of carbonyl (C=O) groups excluding carboxylic acids is 1. The van der Waals surface area contributed by atoms with Crippen LogP contribution in [0.1, 0.15) is 33.0 Å². The van der Waals surface area contributed by atoms with Crippen LogP contribution >= 0.6 is 0 Å². The van der Waals surface area contributed by atoms with E-state index in [9.17, 15) is 4.79 Å². The largest absolute Gasteiger partial charge is 0.335 e. The average molecular weight is 206 g/mol. The van der Waals surface area contributed by atoms with Crippen LogP contribution in [0.15, 0.2) is 12.4 Å². The molecule has 1 atom stereocenters. The van der Waals surface area contributed by atoms with Crippen LogP contribution in [0.3, 0.4) is 0 Å². The lowest BCUT2D eigenvalue weighted by molar-refractivity contribution is -0.120. The van der Waals surface area contributed by atoms with Crippen molar-refractivity contribution in [1.29, 1.82) is 0 Å². The molecule has 0 spiro atoms. The van der Waals surface area contributed by atoms with Gasteiger partial charge in [-0.2, -0.15) is 0 Å². The molecule has 1 aliphatic rings. The third-order valence-corrected chi connectivity index (χ3v) is 3.38. The highest BCUT2D eigenvalue weighted by Crippen LogP contribution is 2.52. The number of aryl methyl sites for hydroxylation is 1. The maximum atomic E-state index is 11.9. The second-order valence-corrected chi connectivity index (χ2v) is 5.02. The summed E-state index contributed by atoms with van der Waals surface area (Å²) in [5.41, 5.74) is 0.237. The molecular formula is C12H18N2O. The zero-order chi connectivity index (χ0) is 11.1. The predicted octanol–water partition coefficient (Wildman–Crippen LogP) is 2.06. The third-order valence-electron chi connectivity index (χ3n) is 3.38. The molecule has 2 rings (SSSR count). The number of hydrogen-bond donors (Lipinski definition) is 0. The van der Waals surface area contributed by atoms with E-state index in [0.29, 0.717) is 12.2 Å². The number of hydrogen-bond acceptors (Lipinski definition) is 2. The fourth-order valence-corrected chi connectivity index (χ4v) is 2.09. The van der Waals surface area contributed by atoms with E-state index in [1.165, 1.54) is 0 Å². The van der Waals surface area contributed by atoms with Gasteiger partial charge in [-0.25, -0.2) is 4.98 Å². The molecule has 3 nitrogen and oxygen atoms in total. The van der Waals surface area contributed by atoms with Gasteiger partial charge in [-0.05, 0) is 18.8 Å². The van der Waals surface area contributed by atoms with E-state index in [2.05, 4.69) is 25.8 Å². The maximum Gasteiger partial charge on any atom is 0.144 e. The lowest BCUT2D eigenvalue weighted by atomic mass is 10.1. The normalized spacial score (nSPS) is 22.7. The van der Waals surface area contributed by atoms with Crippen LogP contribution in [0, 0.1) is 11.3 Å². The Morgan fingerprint density at radius 1 is 1.67 bits per heavy atom. The minimum absolute atomic E-state index is 0.237. The molecule has 1 fully saturated rings. The van der Waals surface area contributed by atoms with Gasteiger partial charge in [0.2, 0.25) is 0 Å². The molecule has 0 bridgehead atoms. The third kappa shape index (κ3) is 1.96. The van der Waals surface area contributed by atoms with E-state index >= 15 is 0 Å². The first-order valence-corrected chi connectivity index (χ1v) is 5.57. The minimum atomic E-state index is 0.237. The van der Waals surface area contributed by atoms with Crippen LogP contribution in [-0.2, 0) is 17.8 Å². The Kier molecular flexibility index (Phi) is 2.41. The molecule has 82 valence electrons. The van der Waals surface area contributed by atoms with Gasteiger partial charge in [-0.3, -0.25) is 4.79 Å². The lowest BCUT2D eigenvalue weighted by Gasteiger charge is -2.05. The van der Waals surface area contributed by atoms with E-state index in [1.807, 2.05) is 10.8 Å². The van der Waals surface area contributed by atoms with E-state index in [1.54, 1.807) is 6.20 Å². The van der Waals surface area contributed by atoms with Crippen LogP contribution in [0.4, 0.5) is 0 Å². The van der Waals surface area contributed by atoms with Crippen molar-refractivity contribution < 1.29 is 4.79 Å². The Hall–Kier alpha value is -1.12. The van der Waals surface area contributed by atoms with Gasteiger partial charge in [0.05, 0.1) is 6.42 Å². The van der Waals surface area contributed by atoms with E-state index < -0.39 is 0 Å². The van der Waals surface area contributed by atoms with Crippen molar-refractivity contribution >= 4 is 5.78 Å². The Bertz CT molecular complexity index is 379. The molecule has 3 heteroatoms. The van der Waals surface area contributed by atoms with Crippen LogP contribution < -0.4 is 0 Å². The molecule has 0 aliphatic heterocycles. The molecule has 1 saturated carbocycles. The number of nitrogens with zero attached hydrogens (tertiary/aromatic N) is 2. The van der Waals surface area contributed by atoms with Crippen molar-refractivity contribution in [3.05, 3.63) is 18.2 Å². The zero-order valence-electron chi connectivity index (χ0n) is 9.66. The fourth-order valence-electron chi connectivity index (χ4n) is 2.09. The number of aromatic nitrogens is 2. The zero-order valence-corrected chi connectivity index (χ0v) is 9.66. The molecule has 0 N–H and O–H groups in total. The SMILES string of the molecule is CCn1ccnc1CC(=O)C1CC1(C)C. The minimum Gasteiger partial charge on any atom is -0.335 e. The van der Waals surface area contributed by atoms with Crippen LogP contribution in [0.2, 0.25) is 0 Å². The van der Waals surface area contributed by atoms with Crippen molar-refractivity contribution in [3.8, 4) is 0 Å². The van der Waals surface area contributed by atoms with Crippen LogP contribution in [0.5, 0.6) is 0 Å². The second-order valence-electron chi connectivity index (χ2n) is 5.02. The number of Topliss-reactive ketones (excluding diaryl/α,β-unsaturated/α-hetero) is 1.